The Labute approximate surface area is 245 Å². The van der Waals surface area contributed by atoms with Gasteiger partial charge in [-0.1, -0.05) is 44.2 Å². The Bertz CT molecular complexity index is 1050. The van der Waals surface area contributed by atoms with Gasteiger partial charge in [0, 0.05) is 6.92 Å². The molecule has 1 heterocycles. The summed E-state index contributed by atoms with van der Waals surface area (Å²) in [6, 6.07) is 5.03. The van der Waals surface area contributed by atoms with Crippen LogP contribution in [-0.4, -0.2) is 101 Å². The molecule has 1 saturated heterocycles. The molecule has 14 heteroatoms. The Balaban J connectivity index is 2.24. The van der Waals surface area contributed by atoms with Crippen molar-refractivity contribution in [2.75, 3.05) is 13.2 Å². The molecule has 3 amide bonds. The number of hydrogen-bond donors (Lipinski definition) is 6. The zero-order valence-corrected chi connectivity index (χ0v) is 24.7. The van der Waals surface area contributed by atoms with Crippen LogP contribution >= 0.6 is 0 Å². The molecule has 0 saturated carbocycles. The Morgan fingerprint density at radius 2 is 1.67 bits per heavy atom. The van der Waals surface area contributed by atoms with Gasteiger partial charge in [-0.05, 0) is 32.3 Å². The molecule has 1 aliphatic heterocycles. The number of carbonyl (C=O) groups is 4. The third-order valence-electron chi connectivity index (χ3n) is 6.12. The third-order valence-corrected chi connectivity index (χ3v) is 6.12. The van der Waals surface area contributed by atoms with Gasteiger partial charge >= 0.3 is 12.1 Å². The summed E-state index contributed by atoms with van der Waals surface area (Å²) in [5.74, 6) is -2.45. The topological polar surface area (TPSA) is 202 Å². The maximum Gasteiger partial charge on any atom is 0.408 e. The van der Waals surface area contributed by atoms with Crippen LogP contribution < -0.4 is 16.0 Å². The largest absolute Gasteiger partial charge is 0.458 e. The number of nitrogens with one attached hydrogen (secondary N) is 3. The van der Waals surface area contributed by atoms with Crippen molar-refractivity contribution in [1.29, 1.82) is 0 Å². The number of rotatable bonds is 12. The molecule has 0 bridgehead atoms. The number of aliphatic hydroxyl groups is 3. The molecule has 6 N–H and O–H groups in total. The highest BCUT2D eigenvalue weighted by molar-refractivity contribution is 5.90. The van der Waals surface area contributed by atoms with Crippen molar-refractivity contribution in [3.05, 3.63) is 35.9 Å². The lowest BCUT2D eigenvalue weighted by Crippen LogP contribution is -2.65. The van der Waals surface area contributed by atoms with E-state index >= 15 is 0 Å². The van der Waals surface area contributed by atoms with Gasteiger partial charge in [0.1, 0.15) is 48.6 Å². The molecule has 0 aromatic heterocycles. The first kappa shape index (κ1) is 34.9. The number of amides is 3. The van der Waals surface area contributed by atoms with Crippen LogP contribution in [0.15, 0.2) is 30.3 Å². The van der Waals surface area contributed by atoms with Gasteiger partial charge in [-0.25, -0.2) is 9.59 Å². The highest BCUT2D eigenvalue weighted by Gasteiger charge is 2.46. The second-order valence-corrected chi connectivity index (χ2v) is 11.3. The molecule has 236 valence electrons. The van der Waals surface area contributed by atoms with Crippen LogP contribution in [0.5, 0.6) is 0 Å². The number of aliphatic hydroxyl groups excluding tert-OH is 3. The molecule has 0 aliphatic carbocycles. The van der Waals surface area contributed by atoms with Crippen molar-refractivity contribution in [1.82, 2.24) is 16.0 Å². The van der Waals surface area contributed by atoms with Crippen LogP contribution in [0.4, 0.5) is 4.79 Å². The van der Waals surface area contributed by atoms with E-state index in [1.54, 1.807) is 65.0 Å². The Morgan fingerprint density at radius 3 is 2.21 bits per heavy atom. The lowest BCUT2D eigenvalue weighted by Gasteiger charge is -2.42. The number of alkyl carbamates (subject to hydrolysis) is 1. The Kier molecular flexibility index (Phi) is 13.1. The van der Waals surface area contributed by atoms with E-state index in [0.717, 1.165) is 0 Å². The van der Waals surface area contributed by atoms with Crippen LogP contribution in [0.2, 0.25) is 0 Å². The fourth-order valence-corrected chi connectivity index (χ4v) is 4.01. The minimum Gasteiger partial charge on any atom is -0.458 e. The molecule has 7 atom stereocenters. The summed E-state index contributed by atoms with van der Waals surface area (Å²) >= 11 is 0. The van der Waals surface area contributed by atoms with Crippen LogP contribution in [0.1, 0.15) is 47.1 Å². The van der Waals surface area contributed by atoms with Crippen molar-refractivity contribution in [3.8, 4) is 0 Å². The number of benzene rings is 1. The molecular formula is C28H43N3O11. The minimum atomic E-state index is -1.58. The van der Waals surface area contributed by atoms with E-state index in [1.807, 2.05) is 0 Å². The zero-order chi connectivity index (χ0) is 31.6. The average Bonchev–Trinajstić information content (AvgIpc) is 2.90. The van der Waals surface area contributed by atoms with Gasteiger partial charge in [-0.3, -0.25) is 9.59 Å². The van der Waals surface area contributed by atoms with Gasteiger partial charge in [0.15, 0.2) is 6.29 Å². The molecule has 0 radical (unpaired) electrons. The lowest BCUT2D eigenvalue weighted by atomic mass is 9.97. The molecule has 14 nitrogen and oxygen atoms in total. The predicted molar refractivity (Wildman–Crippen MR) is 147 cm³/mol. The van der Waals surface area contributed by atoms with Gasteiger partial charge < -0.3 is 50.2 Å². The third kappa shape index (κ3) is 10.8. The highest BCUT2D eigenvalue weighted by Crippen LogP contribution is 2.22. The van der Waals surface area contributed by atoms with Gasteiger partial charge in [0.2, 0.25) is 11.8 Å². The Morgan fingerprint density at radius 1 is 1.02 bits per heavy atom. The first-order valence-corrected chi connectivity index (χ1v) is 13.6. The van der Waals surface area contributed by atoms with Crippen molar-refractivity contribution < 1.29 is 53.4 Å². The molecule has 2 rings (SSSR count). The van der Waals surface area contributed by atoms with Crippen molar-refractivity contribution >= 4 is 23.9 Å². The van der Waals surface area contributed by atoms with Crippen LogP contribution in [-0.2, 0) is 39.9 Å². The summed E-state index contributed by atoms with van der Waals surface area (Å²) < 4.78 is 21.9. The molecule has 0 spiro atoms. The summed E-state index contributed by atoms with van der Waals surface area (Å²) in [5.41, 5.74) is -0.117. The quantitative estimate of drug-likeness (QED) is 0.173. The van der Waals surface area contributed by atoms with Crippen molar-refractivity contribution in [3.63, 3.8) is 0 Å². The van der Waals surface area contributed by atoms with Crippen LogP contribution in [0, 0.1) is 5.92 Å². The second kappa shape index (κ2) is 15.8. The predicted octanol–water partition coefficient (Wildman–Crippen LogP) is -0.276. The second-order valence-electron chi connectivity index (χ2n) is 11.3. The van der Waals surface area contributed by atoms with E-state index in [1.165, 1.54) is 6.92 Å². The van der Waals surface area contributed by atoms with Gasteiger partial charge in [-0.15, -0.1) is 0 Å². The van der Waals surface area contributed by atoms with Crippen molar-refractivity contribution in [2.24, 2.45) is 5.92 Å². The number of esters is 1. The van der Waals surface area contributed by atoms with E-state index in [4.69, 9.17) is 18.9 Å². The van der Waals surface area contributed by atoms with E-state index in [-0.39, 0.29) is 12.5 Å². The lowest BCUT2D eigenvalue weighted by molar-refractivity contribution is -0.270. The number of ether oxygens (including phenoxy) is 4. The summed E-state index contributed by atoms with van der Waals surface area (Å²) in [4.78, 5) is 50.6. The summed E-state index contributed by atoms with van der Waals surface area (Å²) in [6.45, 7) is 8.31. The monoisotopic (exact) mass is 597 g/mol. The Hall–Kier alpha value is -3.30. The SMILES string of the molecule is CC(=O)N[C@H]1[C@H](OC[C@H](NC(=O)OCc2ccccc2)C(=O)N[C@H](C(=O)OC(C)(C)C)C(C)C)O[C@H](CO)[C@@H](O)[C@@H]1O. The van der Waals surface area contributed by atoms with Crippen LogP contribution in [0.3, 0.4) is 0 Å². The smallest absolute Gasteiger partial charge is 0.408 e. The maximum atomic E-state index is 13.4. The first-order chi connectivity index (χ1) is 19.6. The first-order valence-electron chi connectivity index (χ1n) is 13.6. The summed E-state index contributed by atoms with van der Waals surface area (Å²) in [5, 5.41) is 37.7. The summed E-state index contributed by atoms with van der Waals surface area (Å²) in [7, 11) is 0. The molecule has 1 fully saturated rings. The molecule has 1 aromatic rings. The molecular weight excluding hydrogens is 554 g/mol. The normalized spacial score (nSPS) is 23.8. The number of hydrogen-bond acceptors (Lipinski definition) is 11. The fourth-order valence-electron chi connectivity index (χ4n) is 4.01. The summed E-state index contributed by atoms with van der Waals surface area (Å²) in [6.07, 6.45) is -6.79. The molecule has 1 aromatic carbocycles. The van der Waals surface area contributed by atoms with Gasteiger partial charge in [0.05, 0.1) is 13.2 Å². The van der Waals surface area contributed by atoms with Crippen LogP contribution in [0.25, 0.3) is 0 Å². The zero-order valence-electron chi connectivity index (χ0n) is 24.7. The highest BCUT2D eigenvalue weighted by atomic mass is 16.7. The van der Waals surface area contributed by atoms with Crippen molar-refractivity contribution in [2.45, 2.75) is 96.5 Å². The standard InChI is InChI=1S/C28H43N3O11/c1-15(2)20(25(37)42-28(4,5)6)31-24(36)18(30-27(38)40-13-17-10-8-7-9-11-17)14-39-26-21(29-16(3)33)23(35)22(34)19(12-32)41-26/h7-11,15,18-23,26,32,34-35H,12-14H2,1-6H3,(H,29,33)(H,30,38)(H,31,36)/t18-,19+,20-,21+,22+,23+,26+/m0/s1. The molecule has 0 unspecified atom stereocenters. The molecule has 1 aliphatic rings. The minimum absolute atomic E-state index is 0.0903. The fraction of sp³-hybridized carbons (Fsp3) is 0.643. The van der Waals surface area contributed by atoms with E-state index in [0.29, 0.717) is 5.56 Å². The van der Waals surface area contributed by atoms with E-state index in [2.05, 4.69) is 16.0 Å². The average molecular weight is 598 g/mol. The number of carbonyl (C=O) groups excluding carboxylic acids is 4. The van der Waals surface area contributed by atoms with Gasteiger partial charge in [-0.2, -0.15) is 0 Å². The van der Waals surface area contributed by atoms with E-state index < -0.39 is 85.4 Å². The van der Waals surface area contributed by atoms with Gasteiger partial charge in [0.25, 0.3) is 0 Å². The molecule has 42 heavy (non-hydrogen) atoms. The van der Waals surface area contributed by atoms with E-state index in [9.17, 15) is 34.5 Å². The maximum absolute atomic E-state index is 13.4.